The molecule has 2 heterocycles. The molecule has 24 heavy (non-hydrogen) atoms. The van der Waals surface area contributed by atoms with Gasteiger partial charge in [-0.3, -0.25) is 9.59 Å². The highest BCUT2D eigenvalue weighted by Gasteiger charge is 2.35. The number of sulfonamides is 1. The van der Waals surface area contributed by atoms with Crippen molar-refractivity contribution in [3.8, 4) is 0 Å². The molecule has 1 aromatic rings. The molecule has 2 fully saturated rings. The Hall–Kier alpha value is -1.38. The van der Waals surface area contributed by atoms with Gasteiger partial charge in [-0.05, 0) is 31.4 Å². The van der Waals surface area contributed by atoms with Crippen LogP contribution in [0.15, 0.2) is 35.2 Å². The average molecular weight is 368 g/mol. The summed E-state index contributed by atoms with van der Waals surface area (Å²) in [6.45, 7) is 0.580. The molecule has 0 unspecified atom stereocenters. The van der Waals surface area contributed by atoms with Gasteiger partial charge < -0.3 is 5.32 Å². The summed E-state index contributed by atoms with van der Waals surface area (Å²) in [4.78, 5) is 24.3. The number of nitrogens with zero attached hydrogens (tertiary/aromatic N) is 1. The quantitative estimate of drug-likeness (QED) is 0.864. The molecule has 0 saturated carbocycles. The van der Waals surface area contributed by atoms with Crippen molar-refractivity contribution in [3.63, 3.8) is 0 Å². The van der Waals surface area contributed by atoms with E-state index in [1.807, 2.05) is 0 Å². The Morgan fingerprint density at radius 1 is 1.21 bits per heavy atom. The summed E-state index contributed by atoms with van der Waals surface area (Å²) in [5, 5.41) is 2.77. The molecular formula is C16H20N2O4S2. The van der Waals surface area contributed by atoms with Crippen LogP contribution < -0.4 is 5.32 Å². The Labute approximate surface area is 146 Å². The first-order valence-corrected chi connectivity index (χ1v) is 10.4. The van der Waals surface area contributed by atoms with E-state index < -0.39 is 22.0 Å². The van der Waals surface area contributed by atoms with Crippen LogP contribution in [0.3, 0.4) is 0 Å². The Morgan fingerprint density at radius 3 is 2.62 bits per heavy atom. The van der Waals surface area contributed by atoms with Crippen LogP contribution in [0.1, 0.15) is 19.3 Å². The van der Waals surface area contributed by atoms with E-state index in [1.54, 1.807) is 30.3 Å². The third-order valence-corrected chi connectivity index (χ3v) is 7.28. The molecule has 8 heteroatoms. The molecule has 6 nitrogen and oxygen atoms in total. The summed E-state index contributed by atoms with van der Waals surface area (Å²) in [5.41, 5.74) is 0. The SMILES string of the molecule is O=C(N[C@H]1CCSC1=O)[C@@H]1CCCN(S(=O)(=O)c2ccccc2)C1. The minimum absolute atomic E-state index is 0.00655. The van der Waals surface area contributed by atoms with Gasteiger partial charge in [0, 0.05) is 18.8 Å². The first-order valence-electron chi connectivity index (χ1n) is 8.00. The largest absolute Gasteiger partial charge is 0.345 e. The second-order valence-corrected chi connectivity index (χ2v) is 9.07. The van der Waals surface area contributed by atoms with Gasteiger partial charge >= 0.3 is 0 Å². The number of rotatable bonds is 4. The molecular weight excluding hydrogens is 348 g/mol. The second kappa shape index (κ2) is 7.25. The lowest BCUT2D eigenvalue weighted by Gasteiger charge is -2.31. The van der Waals surface area contributed by atoms with Gasteiger partial charge in [-0.1, -0.05) is 30.0 Å². The molecule has 2 aliphatic heterocycles. The van der Waals surface area contributed by atoms with Crippen molar-refractivity contribution in [2.45, 2.75) is 30.2 Å². The molecule has 0 aliphatic carbocycles. The summed E-state index contributed by atoms with van der Waals surface area (Å²) in [5.74, 6) is 0.0996. The number of benzene rings is 1. The number of hydrogen-bond donors (Lipinski definition) is 1. The number of nitrogens with one attached hydrogen (secondary N) is 1. The molecule has 1 amide bonds. The molecule has 3 rings (SSSR count). The maximum Gasteiger partial charge on any atom is 0.243 e. The van der Waals surface area contributed by atoms with E-state index in [9.17, 15) is 18.0 Å². The lowest BCUT2D eigenvalue weighted by Crippen LogP contribution is -2.48. The lowest BCUT2D eigenvalue weighted by atomic mass is 9.98. The van der Waals surface area contributed by atoms with Crippen LogP contribution in [0.4, 0.5) is 0 Å². The summed E-state index contributed by atoms with van der Waals surface area (Å²) in [6, 6.07) is 7.83. The maximum absolute atomic E-state index is 12.7. The minimum Gasteiger partial charge on any atom is -0.345 e. The number of carbonyl (C=O) groups excluding carboxylic acids is 2. The first kappa shape index (κ1) is 17.4. The van der Waals surface area contributed by atoms with Gasteiger partial charge in [0.05, 0.1) is 16.9 Å². The predicted molar refractivity (Wildman–Crippen MR) is 91.9 cm³/mol. The van der Waals surface area contributed by atoms with Crippen LogP contribution in [0.2, 0.25) is 0 Å². The molecule has 2 aliphatic rings. The number of piperidine rings is 1. The fourth-order valence-corrected chi connectivity index (χ4v) is 5.51. The van der Waals surface area contributed by atoms with Crippen molar-refractivity contribution in [2.24, 2.45) is 5.92 Å². The van der Waals surface area contributed by atoms with Crippen LogP contribution in [-0.4, -0.2) is 48.6 Å². The molecule has 1 aromatic carbocycles. The Kier molecular flexibility index (Phi) is 5.27. The van der Waals surface area contributed by atoms with Gasteiger partial charge in [-0.25, -0.2) is 8.42 Å². The van der Waals surface area contributed by atoms with E-state index in [0.717, 1.165) is 5.75 Å². The number of thioether (sulfide) groups is 1. The summed E-state index contributed by atoms with van der Waals surface area (Å²) >= 11 is 1.24. The number of carbonyl (C=O) groups is 2. The van der Waals surface area contributed by atoms with Gasteiger partial charge in [0.1, 0.15) is 0 Å². The Bertz CT molecular complexity index is 721. The van der Waals surface area contributed by atoms with Crippen molar-refractivity contribution in [3.05, 3.63) is 30.3 Å². The molecule has 1 N–H and O–H groups in total. The van der Waals surface area contributed by atoms with E-state index in [2.05, 4.69) is 5.32 Å². The Balaban J connectivity index is 1.68. The van der Waals surface area contributed by atoms with E-state index in [-0.39, 0.29) is 22.5 Å². The fourth-order valence-electron chi connectivity index (χ4n) is 3.03. The van der Waals surface area contributed by atoms with Gasteiger partial charge in [-0.2, -0.15) is 4.31 Å². The van der Waals surface area contributed by atoms with Crippen LogP contribution in [0.25, 0.3) is 0 Å². The van der Waals surface area contributed by atoms with Crippen LogP contribution in [-0.2, 0) is 19.6 Å². The van der Waals surface area contributed by atoms with Crippen molar-refractivity contribution in [1.29, 1.82) is 0 Å². The summed E-state index contributed by atoms with van der Waals surface area (Å²) in [6.07, 6.45) is 1.92. The van der Waals surface area contributed by atoms with Crippen molar-refractivity contribution in [2.75, 3.05) is 18.8 Å². The molecule has 2 saturated heterocycles. The summed E-state index contributed by atoms with van der Waals surface area (Å²) in [7, 11) is -3.58. The second-order valence-electron chi connectivity index (χ2n) is 6.03. The molecule has 0 radical (unpaired) electrons. The first-order chi connectivity index (χ1) is 11.5. The average Bonchev–Trinajstić information content (AvgIpc) is 3.00. The zero-order valence-corrected chi connectivity index (χ0v) is 14.8. The van der Waals surface area contributed by atoms with Gasteiger partial charge in [0.2, 0.25) is 21.0 Å². The van der Waals surface area contributed by atoms with Crippen LogP contribution >= 0.6 is 11.8 Å². The highest BCUT2D eigenvalue weighted by molar-refractivity contribution is 8.14. The van der Waals surface area contributed by atoms with Gasteiger partial charge in [-0.15, -0.1) is 0 Å². The van der Waals surface area contributed by atoms with Crippen LogP contribution in [0.5, 0.6) is 0 Å². The molecule has 0 bridgehead atoms. The highest BCUT2D eigenvalue weighted by Crippen LogP contribution is 2.25. The maximum atomic E-state index is 12.7. The zero-order valence-electron chi connectivity index (χ0n) is 13.2. The minimum atomic E-state index is -3.58. The van der Waals surface area contributed by atoms with Crippen molar-refractivity contribution < 1.29 is 18.0 Å². The zero-order chi connectivity index (χ0) is 17.2. The predicted octanol–water partition coefficient (Wildman–Crippen LogP) is 1.24. The fraction of sp³-hybridized carbons (Fsp3) is 0.500. The number of amides is 1. The summed E-state index contributed by atoms with van der Waals surface area (Å²) < 4.78 is 26.8. The van der Waals surface area contributed by atoms with Crippen molar-refractivity contribution in [1.82, 2.24) is 9.62 Å². The molecule has 130 valence electrons. The molecule has 0 spiro atoms. The van der Waals surface area contributed by atoms with Gasteiger partial charge in [0.15, 0.2) is 0 Å². The number of hydrogen-bond acceptors (Lipinski definition) is 5. The van der Waals surface area contributed by atoms with E-state index in [1.165, 1.54) is 16.1 Å². The smallest absolute Gasteiger partial charge is 0.243 e. The van der Waals surface area contributed by atoms with Gasteiger partial charge in [0.25, 0.3) is 0 Å². The van der Waals surface area contributed by atoms with Crippen molar-refractivity contribution >= 4 is 32.8 Å². The monoisotopic (exact) mass is 368 g/mol. The normalized spacial score (nSPS) is 25.6. The highest BCUT2D eigenvalue weighted by atomic mass is 32.2. The molecule has 0 aromatic heterocycles. The van der Waals surface area contributed by atoms with Crippen LogP contribution in [0, 0.1) is 5.92 Å². The third kappa shape index (κ3) is 3.65. The van der Waals surface area contributed by atoms with E-state index in [4.69, 9.17) is 0 Å². The molecule has 2 atom stereocenters. The van der Waals surface area contributed by atoms with E-state index >= 15 is 0 Å². The van der Waals surface area contributed by atoms with E-state index in [0.29, 0.717) is 25.8 Å². The topological polar surface area (TPSA) is 83.6 Å². The Morgan fingerprint density at radius 2 is 1.96 bits per heavy atom. The lowest BCUT2D eigenvalue weighted by molar-refractivity contribution is -0.128. The third-order valence-electron chi connectivity index (χ3n) is 4.39. The standard InChI is InChI=1S/C16H20N2O4S2/c19-15(17-14-8-10-23-16(14)20)12-5-4-9-18(11-12)24(21,22)13-6-2-1-3-7-13/h1-3,6-7,12,14H,4-5,8-11H2,(H,17,19)/t12-,14+/m1/s1.